The molecule has 1 unspecified atom stereocenters. The molecule has 1 amide bonds. The number of rotatable bonds is 4. The number of nitrogens with zero attached hydrogens (tertiary/aromatic N) is 5. The smallest absolute Gasteiger partial charge is 0.255 e. The van der Waals surface area contributed by atoms with Gasteiger partial charge in [0, 0.05) is 18.3 Å². The Morgan fingerprint density at radius 3 is 2.68 bits per heavy atom. The fourth-order valence-electron chi connectivity index (χ4n) is 3.37. The quantitative estimate of drug-likeness (QED) is 0.736. The molecule has 126 valence electrons. The molecule has 2 aromatic heterocycles. The summed E-state index contributed by atoms with van der Waals surface area (Å²) in [4.78, 5) is 23.8. The molecule has 1 aliphatic heterocycles. The van der Waals surface area contributed by atoms with Gasteiger partial charge in [-0.05, 0) is 37.1 Å². The van der Waals surface area contributed by atoms with Crippen LogP contribution in [0.1, 0.15) is 47.0 Å². The maximum absolute atomic E-state index is 12.9. The van der Waals surface area contributed by atoms with E-state index >= 15 is 0 Å². The standard InChI is InChI=1S/C19H19N5O/c1-3-16(23-12-14-8-4-5-9-15(14)19(23)25)18-21-13(2)22-24(18)17-10-6-7-11-20-17/h4-11,16H,3,12H2,1-2H3. The van der Waals surface area contributed by atoms with E-state index < -0.39 is 0 Å². The van der Waals surface area contributed by atoms with Gasteiger partial charge in [0.1, 0.15) is 5.82 Å². The van der Waals surface area contributed by atoms with Crippen molar-refractivity contribution in [1.82, 2.24) is 24.6 Å². The van der Waals surface area contributed by atoms with Crippen molar-refractivity contribution in [1.29, 1.82) is 0 Å². The van der Waals surface area contributed by atoms with E-state index in [9.17, 15) is 4.79 Å². The summed E-state index contributed by atoms with van der Waals surface area (Å²) in [6.45, 7) is 4.52. The molecule has 0 radical (unpaired) electrons. The van der Waals surface area contributed by atoms with Gasteiger partial charge in [-0.3, -0.25) is 4.79 Å². The summed E-state index contributed by atoms with van der Waals surface area (Å²) in [6.07, 6.45) is 2.48. The first-order valence-electron chi connectivity index (χ1n) is 8.43. The SMILES string of the molecule is CCC(c1nc(C)nn1-c1ccccn1)N1Cc2ccccc2C1=O. The average molecular weight is 333 g/mol. The van der Waals surface area contributed by atoms with Crippen LogP contribution in [0.3, 0.4) is 0 Å². The van der Waals surface area contributed by atoms with Crippen LogP contribution in [0, 0.1) is 6.92 Å². The second-order valence-electron chi connectivity index (χ2n) is 6.13. The van der Waals surface area contributed by atoms with Gasteiger partial charge in [0.25, 0.3) is 5.91 Å². The number of pyridine rings is 1. The van der Waals surface area contributed by atoms with Crippen LogP contribution in [0.4, 0.5) is 0 Å². The molecule has 3 aromatic rings. The summed E-state index contributed by atoms with van der Waals surface area (Å²) < 4.78 is 1.75. The van der Waals surface area contributed by atoms with Crippen molar-refractivity contribution in [2.75, 3.05) is 0 Å². The van der Waals surface area contributed by atoms with Gasteiger partial charge in [0.05, 0.1) is 6.04 Å². The number of hydrogen-bond donors (Lipinski definition) is 0. The Morgan fingerprint density at radius 1 is 1.16 bits per heavy atom. The molecular formula is C19H19N5O. The summed E-state index contributed by atoms with van der Waals surface area (Å²) in [7, 11) is 0. The lowest BCUT2D eigenvalue weighted by Gasteiger charge is -2.26. The Labute approximate surface area is 146 Å². The minimum Gasteiger partial charge on any atom is -0.324 e. The first-order valence-corrected chi connectivity index (χ1v) is 8.43. The van der Waals surface area contributed by atoms with Crippen molar-refractivity contribution >= 4 is 5.91 Å². The van der Waals surface area contributed by atoms with E-state index in [2.05, 4.69) is 22.0 Å². The number of fused-ring (bicyclic) bond motifs is 1. The Hall–Kier alpha value is -3.02. The number of carbonyl (C=O) groups is 1. The number of carbonyl (C=O) groups excluding carboxylic acids is 1. The van der Waals surface area contributed by atoms with Crippen molar-refractivity contribution in [2.45, 2.75) is 32.9 Å². The zero-order valence-electron chi connectivity index (χ0n) is 14.3. The van der Waals surface area contributed by atoms with Crippen molar-refractivity contribution in [3.63, 3.8) is 0 Å². The highest BCUT2D eigenvalue weighted by molar-refractivity contribution is 5.98. The maximum Gasteiger partial charge on any atom is 0.255 e. The molecule has 0 saturated heterocycles. The van der Waals surface area contributed by atoms with Gasteiger partial charge in [-0.15, -0.1) is 5.10 Å². The van der Waals surface area contributed by atoms with E-state index in [0.29, 0.717) is 18.2 Å². The van der Waals surface area contributed by atoms with Crippen LogP contribution in [-0.4, -0.2) is 30.6 Å². The zero-order valence-corrected chi connectivity index (χ0v) is 14.3. The van der Waals surface area contributed by atoms with Crippen LogP contribution < -0.4 is 0 Å². The molecule has 6 heteroatoms. The van der Waals surface area contributed by atoms with Gasteiger partial charge in [-0.25, -0.2) is 9.97 Å². The fourth-order valence-corrected chi connectivity index (χ4v) is 3.37. The molecule has 0 bridgehead atoms. The molecule has 0 saturated carbocycles. The van der Waals surface area contributed by atoms with E-state index in [-0.39, 0.29) is 11.9 Å². The third-order valence-electron chi connectivity index (χ3n) is 4.51. The summed E-state index contributed by atoms with van der Waals surface area (Å²) in [5, 5.41) is 4.50. The summed E-state index contributed by atoms with van der Waals surface area (Å²) in [6, 6.07) is 13.3. The van der Waals surface area contributed by atoms with Gasteiger partial charge in [0.15, 0.2) is 11.6 Å². The highest BCUT2D eigenvalue weighted by Gasteiger charge is 2.35. The lowest BCUT2D eigenvalue weighted by Crippen LogP contribution is -2.31. The summed E-state index contributed by atoms with van der Waals surface area (Å²) in [5.74, 6) is 2.18. The van der Waals surface area contributed by atoms with Gasteiger partial charge < -0.3 is 4.90 Å². The van der Waals surface area contributed by atoms with Crippen molar-refractivity contribution in [3.8, 4) is 5.82 Å². The van der Waals surface area contributed by atoms with Crippen molar-refractivity contribution < 1.29 is 4.79 Å². The third kappa shape index (κ3) is 2.59. The van der Waals surface area contributed by atoms with Crippen LogP contribution in [0.15, 0.2) is 48.7 Å². The van der Waals surface area contributed by atoms with E-state index in [1.165, 1.54) is 0 Å². The Kier molecular flexibility index (Phi) is 3.80. The fraction of sp³-hybridized carbons (Fsp3) is 0.263. The molecule has 25 heavy (non-hydrogen) atoms. The van der Waals surface area contributed by atoms with E-state index in [1.807, 2.05) is 54.3 Å². The average Bonchev–Trinajstić information content (AvgIpc) is 3.18. The highest BCUT2D eigenvalue weighted by atomic mass is 16.2. The first kappa shape index (κ1) is 15.5. The minimum absolute atomic E-state index is 0.0515. The van der Waals surface area contributed by atoms with Gasteiger partial charge >= 0.3 is 0 Å². The predicted molar refractivity (Wildman–Crippen MR) is 93.2 cm³/mol. The van der Waals surface area contributed by atoms with Crippen LogP contribution in [0.5, 0.6) is 0 Å². The monoisotopic (exact) mass is 333 g/mol. The van der Waals surface area contributed by atoms with Gasteiger partial charge in [0.2, 0.25) is 0 Å². The molecule has 0 aliphatic carbocycles. The Morgan fingerprint density at radius 2 is 1.96 bits per heavy atom. The predicted octanol–water partition coefficient (Wildman–Crippen LogP) is 3.08. The maximum atomic E-state index is 12.9. The van der Waals surface area contributed by atoms with Crippen LogP contribution in [0.25, 0.3) is 5.82 Å². The normalized spacial score (nSPS) is 14.6. The van der Waals surface area contributed by atoms with Crippen LogP contribution >= 0.6 is 0 Å². The Balaban J connectivity index is 1.75. The minimum atomic E-state index is -0.150. The van der Waals surface area contributed by atoms with Crippen molar-refractivity contribution in [2.24, 2.45) is 0 Å². The van der Waals surface area contributed by atoms with Gasteiger partial charge in [-0.1, -0.05) is 31.2 Å². The second kappa shape index (κ2) is 6.12. The molecular weight excluding hydrogens is 314 g/mol. The topological polar surface area (TPSA) is 63.9 Å². The van der Waals surface area contributed by atoms with Gasteiger partial charge in [-0.2, -0.15) is 4.68 Å². The number of amides is 1. The largest absolute Gasteiger partial charge is 0.324 e. The first-order chi connectivity index (χ1) is 12.2. The molecule has 0 spiro atoms. The second-order valence-corrected chi connectivity index (χ2v) is 6.13. The molecule has 0 fully saturated rings. The van der Waals surface area contributed by atoms with Crippen LogP contribution in [0.2, 0.25) is 0 Å². The molecule has 4 rings (SSSR count). The van der Waals surface area contributed by atoms with Crippen LogP contribution in [-0.2, 0) is 6.54 Å². The van der Waals surface area contributed by atoms with E-state index in [1.54, 1.807) is 10.9 Å². The Bertz CT molecular complexity index is 919. The molecule has 1 aromatic carbocycles. The lowest BCUT2D eigenvalue weighted by molar-refractivity contribution is 0.0685. The number of aryl methyl sites for hydroxylation is 1. The number of benzene rings is 1. The molecule has 0 N–H and O–H groups in total. The molecule has 1 aliphatic rings. The molecule has 3 heterocycles. The van der Waals surface area contributed by atoms with E-state index in [0.717, 1.165) is 23.4 Å². The zero-order chi connectivity index (χ0) is 17.4. The number of aromatic nitrogens is 4. The van der Waals surface area contributed by atoms with E-state index in [4.69, 9.17) is 0 Å². The third-order valence-corrected chi connectivity index (χ3v) is 4.51. The highest BCUT2D eigenvalue weighted by Crippen LogP contribution is 2.33. The molecule has 1 atom stereocenters. The lowest BCUT2D eigenvalue weighted by atomic mass is 10.1. The molecule has 6 nitrogen and oxygen atoms in total. The summed E-state index contributed by atoms with van der Waals surface area (Å²) in [5.41, 5.74) is 1.84. The number of hydrogen-bond acceptors (Lipinski definition) is 4. The van der Waals surface area contributed by atoms with Crippen molar-refractivity contribution in [3.05, 3.63) is 71.4 Å². The summed E-state index contributed by atoms with van der Waals surface area (Å²) >= 11 is 0.